The van der Waals surface area contributed by atoms with E-state index < -0.39 is 0 Å². The Morgan fingerprint density at radius 3 is 2.13 bits per heavy atom. The fourth-order valence-corrected chi connectivity index (χ4v) is 6.19. The lowest BCUT2D eigenvalue weighted by molar-refractivity contribution is 1.22. The highest BCUT2D eigenvalue weighted by Crippen LogP contribution is 2.36. The highest BCUT2D eigenvalue weighted by atomic mass is 32.1. The lowest BCUT2D eigenvalue weighted by atomic mass is 9.99. The third-order valence-electron chi connectivity index (χ3n) is 7.02. The Hall–Kier alpha value is -4.87. The van der Waals surface area contributed by atoms with Gasteiger partial charge in [0.25, 0.3) is 0 Å². The average Bonchev–Trinajstić information content (AvgIpc) is 3.59. The van der Waals surface area contributed by atoms with E-state index in [4.69, 9.17) is 15.0 Å². The van der Waals surface area contributed by atoms with Crippen molar-refractivity contribution in [3.63, 3.8) is 0 Å². The fourth-order valence-electron chi connectivity index (χ4n) is 5.23. The van der Waals surface area contributed by atoms with Crippen LogP contribution in [0, 0.1) is 0 Å². The predicted octanol–water partition coefficient (Wildman–Crippen LogP) is 8.65. The number of pyridine rings is 2. The zero-order valence-corrected chi connectivity index (χ0v) is 21.1. The van der Waals surface area contributed by atoms with Gasteiger partial charge in [0.1, 0.15) is 16.2 Å². The summed E-state index contributed by atoms with van der Waals surface area (Å²) in [5.74, 6) is 0. The smallest absolute Gasteiger partial charge is 0.137 e. The van der Waals surface area contributed by atoms with Crippen LogP contribution in [0.4, 0.5) is 0 Å². The van der Waals surface area contributed by atoms with Gasteiger partial charge in [0, 0.05) is 22.7 Å². The first kappa shape index (κ1) is 21.2. The summed E-state index contributed by atoms with van der Waals surface area (Å²) in [6, 6.07) is 39.9. The van der Waals surface area contributed by atoms with Crippen LogP contribution in [0.3, 0.4) is 0 Å². The Bertz CT molecular complexity index is 2120. The molecule has 8 rings (SSSR count). The SMILES string of the molecule is c1cc(-c2cccc(-c3nc4ccccc4c4nc5ccccn5c34)c2)cc(-c2nc3ccccc3s2)c1. The van der Waals surface area contributed by atoms with E-state index in [9.17, 15) is 0 Å². The molecular weight excluding hydrogens is 484 g/mol. The van der Waals surface area contributed by atoms with Crippen LogP contribution in [0.15, 0.2) is 121 Å². The highest BCUT2D eigenvalue weighted by molar-refractivity contribution is 7.21. The summed E-state index contributed by atoms with van der Waals surface area (Å²) in [6.07, 6.45) is 2.07. The van der Waals surface area contributed by atoms with Crippen LogP contribution in [0.1, 0.15) is 0 Å². The average molecular weight is 505 g/mol. The third kappa shape index (κ3) is 3.33. The number of nitrogens with zero attached hydrogens (tertiary/aromatic N) is 4. The zero-order valence-electron chi connectivity index (χ0n) is 20.2. The molecular formula is C33H20N4S. The van der Waals surface area contributed by atoms with Crippen LogP contribution in [-0.2, 0) is 0 Å². The van der Waals surface area contributed by atoms with E-state index in [2.05, 4.69) is 89.5 Å². The summed E-state index contributed by atoms with van der Waals surface area (Å²) in [4.78, 5) is 15.0. The monoisotopic (exact) mass is 504 g/mol. The van der Waals surface area contributed by atoms with Crippen LogP contribution in [0.2, 0.25) is 0 Å². The van der Waals surface area contributed by atoms with E-state index in [1.165, 1.54) is 4.70 Å². The van der Waals surface area contributed by atoms with Gasteiger partial charge in [-0.2, -0.15) is 0 Å². The van der Waals surface area contributed by atoms with Gasteiger partial charge in [-0.25, -0.2) is 15.0 Å². The quantitative estimate of drug-likeness (QED) is 0.242. The molecule has 38 heavy (non-hydrogen) atoms. The van der Waals surface area contributed by atoms with Crippen molar-refractivity contribution in [2.45, 2.75) is 0 Å². The van der Waals surface area contributed by atoms with E-state index in [1.54, 1.807) is 11.3 Å². The second-order valence-corrected chi connectivity index (χ2v) is 10.4. The summed E-state index contributed by atoms with van der Waals surface area (Å²) in [5.41, 5.74) is 10.3. The summed E-state index contributed by atoms with van der Waals surface area (Å²) >= 11 is 1.73. The summed E-state index contributed by atoms with van der Waals surface area (Å²) in [6.45, 7) is 0. The lowest BCUT2D eigenvalue weighted by Gasteiger charge is -2.10. The van der Waals surface area contributed by atoms with Gasteiger partial charge in [-0.15, -0.1) is 11.3 Å². The van der Waals surface area contributed by atoms with Crippen molar-refractivity contribution in [1.29, 1.82) is 0 Å². The van der Waals surface area contributed by atoms with Crippen molar-refractivity contribution in [2.75, 3.05) is 0 Å². The maximum atomic E-state index is 5.15. The van der Waals surface area contributed by atoms with Crippen LogP contribution in [-0.4, -0.2) is 19.4 Å². The predicted molar refractivity (Wildman–Crippen MR) is 157 cm³/mol. The van der Waals surface area contributed by atoms with E-state index in [-0.39, 0.29) is 0 Å². The molecule has 0 spiro atoms. The Balaban J connectivity index is 1.31. The van der Waals surface area contributed by atoms with E-state index in [1.807, 2.05) is 36.4 Å². The van der Waals surface area contributed by atoms with Crippen LogP contribution in [0.5, 0.6) is 0 Å². The second-order valence-electron chi connectivity index (χ2n) is 9.36. The lowest BCUT2D eigenvalue weighted by Crippen LogP contribution is -1.92. The van der Waals surface area contributed by atoms with Crippen molar-refractivity contribution in [3.8, 4) is 33.0 Å². The molecule has 0 saturated heterocycles. The molecule has 0 atom stereocenters. The first-order valence-electron chi connectivity index (χ1n) is 12.5. The number of para-hydroxylation sites is 2. The number of hydrogen-bond acceptors (Lipinski definition) is 4. The number of benzene rings is 4. The Morgan fingerprint density at radius 1 is 0.553 bits per heavy atom. The van der Waals surface area contributed by atoms with Crippen LogP contribution >= 0.6 is 11.3 Å². The van der Waals surface area contributed by atoms with Crippen LogP contribution in [0.25, 0.3) is 70.8 Å². The Kier molecular flexibility index (Phi) is 4.66. The molecule has 0 aliphatic rings. The van der Waals surface area contributed by atoms with Crippen molar-refractivity contribution < 1.29 is 0 Å². The standard InChI is InChI=1S/C33H20N4S/c1-2-14-26-25(13-1)31-32(37-18-6-5-17-29(37)36-31)30(34-26)23-11-7-9-21(19-23)22-10-8-12-24(20-22)33-35-27-15-3-4-16-28(27)38-33/h1-20H. The second kappa shape index (κ2) is 8.33. The fraction of sp³-hybridized carbons (Fsp3) is 0. The Morgan fingerprint density at radius 2 is 1.26 bits per heavy atom. The summed E-state index contributed by atoms with van der Waals surface area (Å²) in [5, 5.41) is 2.10. The molecule has 4 heterocycles. The van der Waals surface area contributed by atoms with E-state index >= 15 is 0 Å². The molecule has 8 aromatic rings. The molecule has 178 valence electrons. The van der Waals surface area contributed by atoms with Gasteiger partial charge >= 0.3 is 0 Å². The largest absolute Gasteiger partial charge is 0.298 e. The molecule has 4 aromatic heterocycles. The van der Waals surface area contributed by atoms with Gasteiger partial charge in [-0.05, 0) is 53.6 Å². The minimum atomic E-state index is 0.918. The highest BCUT2D eigenvalue weighted by Gasteiger charge is 2.17. The molecule has 4 nitrogen and oxygen atoms in total. The molecule has 0 aliphatic heterocycles. The van der Waals surface area contributed by atoms with Gasteiger partial charge in [-0.3, -0.25) is 4.40 Å². The minimum absolute atomic E-state index is 0.918. The molecule has 5 heteroatoms. The molecule has 0 N–H and O–H groups in total. The van der Waals surface area contributed by atoms with Crippen molar-refractivity contribution >= 4 is 49.1 Å². The van der Waals surface area contributed by atoms with Gasteiger partial charge in [0.05, 0.1) is 26.9 Å². The van der Waals surface area contributed by atoms with Gasteiger partial charge in [-0.1, -0.05) is 72.8 Å². The number of aromatic nitrogens is 4. The topological polar surface area (TPSA) is 43.1 Å². The number of hydrogen-bond donors (Lipinski definition) is 0. The molecule has 0 amide bonds. The molecule has 0 bridgehead atoms. The Labute approximate surface area is 222 Å². The first-order valence-corrected chi connectivity index (χ1v) is 13.4. The van der Waals surface area contributed by atoms with Gasteiger partial charge in [0.2, 0.25) is 0 Å². The van der Waals surface area contributed by atoms with E-state index in [0.29, 0.717) is 0 Å². The number of fused-ring (bicyclic) bond motifs is 6. The zero-order chi connectivity index (χ0) is 25.1. The van der Waals surface area contributed by atoms with Crippen molar-refractivity contribution in [3.05, 3.63) is 121 Å². The molecule has 0 aliphatic carbocycles. The number of rotatable bonds is 3. The molecule has 0 radical (unpaired) electrons. The van der Waals surface area contributed by atoms with Crippen LogP contribution < -0.4 is 0 Å². The molecule has 0 saturated carbocycles. The molecule has 4 aromatic carbocycles. The summed E-state index contributed by atoms with van der Waals surface area (Å²) < 4.78 is 3.35. The normalized spacial score (nSPS) is 11.7. The van der Waals surface area contributed by atoms with Crippen molar-refractivity contribution in [1.82, 2.24) is 19.4 Å². The molecule has 0 unspecified atom stereocenters. The molecule has 0 fully saturated rings. The third-order valence-corrected chi connectivity index (χ3v) is 8.10. The summed E-state index contributed by atoms with van der Waals surface area (Å²) in [7, 11) is 0. The van der Waals surface area contributed by atoms with E-state index in [0.717, 1.165) is 66.1 Å². The minimum Gasteiger partial charge on any atom is -0.298 e. The van der Waals surface area contributed by atoms with Crippen molar-refractivity contribution in [2.24, 2.45) is 0 Å². The van der Waals surface area contributed by atoms with Gasteiger partial charge < -0.3 is 0 Å². The number of thiazole rings is 1. The number of imidazole rings is 1. The first-order chi connectivity index (χ1) is 18.8. The maximum absolute atomic E-state index is 5.15. The maximum Gasteiger partial charge on any atom is 0.137 e. The van der Waals surface area contributed by atoms with Gasteiger partial charge in [0.15, 0.2) is 0 Å².